The zero-order valence-electron chi connectivity index (χ0n) is 19.2. The van der Waals surface area contributed by atoms with E-state index in [0.717, 1.165) is 23.3 Å². The average molecular weight is 413 g/mol. The van der Waals surface area contributed by atoms with Crippen LogP contribution in [0, 0.1) is 10.8 Å². The monoisotopic (exact) mass is 412 g/mol. The van der Waals surface area contributed by atoms with E-state index in [1.54, 1.807) is 0 Å². The van der Waals surface area contributed by atoms with Crippen LogP contribution in [0.25, 0.3) is 5.57 Å². The first kappa shape index (κ1) is 20.3. The van der Waals surface area contributed by atoms with Crippen LogP contribution in [-0.4, -0.2) is 17.8 Å². The molecule has 0 spiro atoms. The highest BCUT2D eigenvalue weighted by Crippen LogP contribution is 2.77. The lowest BCUT2D eigenvalue weighted by molar-refractivity contribution is 0.0810. The SMILES string of the molecule is CCOC1=C2[C@@]3(C)C[C@](C)(C(C)=C3C)[C@@]2(c2ccccc2)[C@H](O)C(c2ccccc2)=C1. The zero-order valence-corrected chi connectivity index (χ0v) is 19.2. The van der Waals surface area contributed by atoms with E-state index in [1.165, 1.54) is 22.3 Å². The van der Waals surface area contributed by atoms with E-state index < -0.39 is 11.5 Å². The molecule has 0 saturated heterocycles. The molecule has 2 aromatic rings. The summed E-state index contributed by atoms with van der Waals surface area (Å²) in [7, 11) is 0. The summed E-state index contributed by atoms with van der Waals surface area (Å²) in [4.78, 5) is 0. The number of benzene rings is 2. The fraction of sp³-hybridized carbons (Fsp3) is 0.379. The summed E-state index contributed by atoms with van der Waals surface area (Å²) >= 11 is 0. The molecule has 31 heavy (non-hydrogen) atoms. The standard InChI is InChI=1S/C29H32O2/c1-6-31-24-17-23(21-13-9-7-10-14-21)26(30)29(22-15-11-8-12-16-22)25(24)27(4)18-28(29,5)20(3)19(27)2/h7-17,26,30H,6,18H2,1-5H3/t26-,27+,28-,29-/m1/s1. The number of aliphatic hydroxyl groups excluding tert-OH is 1. The first-order chi connectivity index (χ1) is 14.8. The fourth-order valence-corrected chi connectivity index (χ4v) is 7.12. The van der Waals surface area contributed by atoms with E-state index >= 15 is 0 Å². The number of hydrogen-bond acceptors (Lipinski definition) is 2. The van der Waals surface area contributed by atoms with Crippen molar-refractivity contribution in [2.24, 2.45) is 10.8 Å². The minimum Gasteiger partial charge on any atom is -0.494 e. The van der Waals surface area contributed by atoms with E-state index in [-0.39, 0.29) is 10.8 Å². The van der Waals surface area contributed by atoms with Crippen LogP contribution in [-0.2, 0) is 10.2 Å². The summed E-state index contributed by atoms with van der Waals surface area (Å²) in [6.07, 6.45) is 2.44. The minimum atomic E-state index is -0.661. The number of aliphatic hydroxyl groups is 1. The molecule has 5 rings (SSSR count). The maximum absolute atomic E-state index is 12.3. The highest BCUT2D eigenvalue weighted by atomic mass is 16.5. The first-order valence-corrected chi connectivity index (χ1v) is 11.4. The molecule has 1 saturated carbocycles. The summed E-state index contributed by atoms with van der Waals surface area (Å²) in [5.74, 6) is 0.939. The van der Waals surface area contributed by atoms with E-state index in [9.17, 15) is 5.11 Å². The van der Waals surface area contributed by atoms with Crippen molar-refractivity contribution >= 4 is 5.57 Å². The van der Waals surface area contributed by atoms with Crippen LogP contribution in [0.15, 0.2) is 89.2 Å². The smallest absolute Gasteiger partial charge is 0.120 e. The predicted octanol–water partition coefficient (Wildman–Crippen LogP) is 6.44. The summed E-state index contributed by atoms with van der Waals surface area (Å²) < 4.78 is 6.36. The van der Waals surface area contributed by atoms with Crippen molar-refractivity contribution in [2.75, 3.05) is 6.61 Å². The number of hydrogen-bond donors (Lipinski definition) is 1. The van der Waals surface area contributed by atoms with Gasteiger partial charge in [0.25, 0.3) is 0 Å². The van der Waals surface area contributed by atoms with Crippen LogP contribution in [0.2, 0.25) is 0 Å². The summed E-state index contributed by atoms with van der Waals surface area (Å²) in [6, 6.07) is 20.9. The highest BCUT2D eigenvalue weighted by molar-refractivity contribution is 5.80. The second-order valence-corrected chi connectivity index (χ2v) is 9.81. The van der Waals surface area contributed by atoms with Crippen LogP contribution >= 0.6 is 0 Å². The Hall–Kier alpha value is -2.58. The quantitative estimate of drug-likeness (QED) is 0.586. The summed E-state index contributed by atoms with van der Waals surface area (Å²) in [5, 5.41) is 12.3. The molecule has 2 nitrogen and oxygen atoms in total. The molecule has 2 bridgehead atoms. The van der Waals surface area contributed by atoms with Gasteiger partial charge in [0.2, 0.25) is 0 Å². The van der Waals surface area contributed by atoms with Gasteiger partial charge < -0.3 is 9.84 Å². The van der Waals surface area contributed by atoms with Crippen molar-refractivity contribution in [1.29, 1.82) is 0 Å². The van der Waals surface area contributed by atoms with Gasteiger partial charge in [-0.15, -0.1) is 0 Å². The van der Waals surface area contributed by atoms with Crippen LogP contribution in [0.4, 0.5) is 0 Å². The number of rotatable bonds is 4. The van der Waals surface area contributed by atoms with Gasteiger partial charge in [0.05, 0.1) is 18.1 Å². The number of ether oxygens (including phenoxy) is 1. The minimum absolute atomic E-state index is 0.126. The van der Waals surface area contributed by atoms with E-state index in [2.05, 4.69) is 76.2 Å². The average Bonchev–Trinajstić information content (AvgIpc) is 3.12. The molecule has 2 aromatic carbocycles. The van der Waals surface area contributed by atoms with Crippen molar-refractivity contribution in [2.45, 2.75) is 52.6 Å². The molecule has 0 unspecified atom stereocenters. The van der Waals surface area contributed by atoms with Gasteiger partial charge in [-0.3, -0.25) is 0 Å². The van der Waals surface area contributed by atoms with Crippen molar-refractivity contribution in [3.8, 4) is 0 Å². The Morgan fingerprint density at radius 1 is 0.935 bits per heavy atom. The molecule has 3 aliphatic carbocycles. The predicted molar refractivity (Wildman–Crippen MR) is 126 cm³/mol. The van der Waals surface area contributed by atoms with Crippen LogP contribution in [0.3, 0.4) is 0 Å². The molecule has 0 amide bonds. The van der Waals surface area contributed by atoms with Crippen molar-refractivity contribution in [3.63, 3.8) is 0 Å². The van der Waals surface area contributed by atoms with Crippen molar-refractivity contribution < 1.29 is 9.84 Å². The third-order valence-electron chi connectivity index (χ3n) is 8.62. The van der Waals surface area contributed by atoms with Gasteiger partial charge in [0.1, 0.15) is 5.76 Å². The fourth-order valence-electron chi connectivity index (χ4n) is 7.12. The lowest BCUT2D eigenvalue weighted by atomic mass is 9.50. The van der Waals surface area contributed by atoms with Gasteiger partial charge in [-0.05, 0) is 55.5 Å². The van der Waals surface area contributed by atoms with Gasteiger partial charge in [-0.1, -0.05) is 85.7 Å². The molecule has 0 radical (unpaired) electrons. The lowest BCUT2D eigenvalue weighted by Crippen LogP contribution is -2.54. The topological polar surface area (TPSA) is 29.5 Å². The van der Waals surface area contributed by atoms with E-state index in [4.69, 9.17) is 4.74 Å². The van der Waals surface area contributed by atoms with Gasteiger partial charge in [0.15, 0.2) is 0 Å². The zero-order chi connectivity index (χ0) is 22.0. The Balaban J connectivity index is 1.91. The molecular formula is C29H32O2. The lowest BCUT2D eigenvalue weighted by Gasteiger charge is -2.54. The first-order valence-electron chi connectivity index (χ1n) is 11.4. The Morgan fingerprint density at radius 2 is 1.55 bits per heavy atom. The molecule has 1 fully saturated rings. The molecular weight excluding hydrogens is 380 g/mol. The Bertz CT molecular complexity index is 1120. The molecule has 0 aromatic heterocycles. The van der Waals surface area contributed by atoms with Crippen molar-refractivity contribution in [1.82, 2.24) is 0 Å². The second kappa shape index (κ2) is 6.71. The van der Waals surface area contributed by atoms with Gasteiger partial charge in [0, 0.05) is 10.8 Å². The van der Waals surface area contributed by atoms with E-state index in [1.807, 2.05) is 25.1 Å². The Morgan fingerprint density at radius 3 is 2.16 bits per heavy atom. The molecule has 1 N–H and O–H groups in total. The second-order valence-electron chi connectivity index (χ2n) is 9.81. The maximum Gasteiger partial charge on any atom is 0.120 e. The maximum atomic E-state index is 12.3. The third kappa shape index (κ3) is 2.32. The van der Waals surface area contributed by atoms with Crippen LogP contribution < -0.4 is 0 Å². The molecule has 0 aliphatic heterocycles. The Kier molecular flexibility index (Phi) is 4.40. The molecule has 4 atom stereocenters. The van der Waals surface area contributed by atoms with Gasteiger partial charge in [-0.25, -0.2) is 0 Å². The highest BCUT2D eigenvalue weighted by Gasteiger charge is 2.73. The largest absolute Gasteiger partial charge is 0.494 e. The summed E-state index contributed by atoms with van der Waals surface area (Å²) in [6.45, 7) is 11.9. The number of fused-ring (bicyclic) bond motifs is 5. The van der Waals surface area contributed by atoms with Crippen molar-refractivity contribution in [3.05, 3.63) is 100 Å². The molecule has 160 valence electrons. The van der Waals surface area contributed by atoms with Gasteiger partial charge >= 0.3 is 0 Å². The van der Waals surface area contributed by atoms with Crippen LogP contribution in [0.1, 0.15) is 52.2 Å². The summed E-state index contributed by atoms with van der Waals surface area (Å²) in [5.41, 5.74) is 6.38. The number of allylic oxidation sites excluding steroid dienone is 3. The molecule has 2 heteroatoms. The van der Waals surface area contributed by atoms with E-state index in [0.29, 0.717) is 6.61 Å². The normalized spacial score (nSPS) is 34.1. The van der Waals surface area contributed by atoms with Crippen LogP contribution in [0.5, 0.6) is 0 Å². The molecule has 0 heterocycles. The third-order valence-corrected chi connectivity index (χ3v) is 8.62. The van der Waals surface area contributed by atoms with Gasteiger partial charge in [-0.2, -0.15) is 0 Å². The Labute approximate surface area is 186 Å². The molecule has 3 aliphatic rings.